The largest absolute Gasteiger partial charge is 0.358 e. The van der Waals surface area contributed by atoms with Gasteiger partial charge in [-0.05, 0) is 13.0 Å². The van der Waals surface area contributed by atoms with Gasteiger partial charge in [0.1, 0.15) is 6.29 Å². The van der Waals surface area contributed by atoms with Gasteiger partial charge in [-0.3, -0.25) is 4.79 Å². The molecule has 1 aliphatic rings. The van der Waals surface area contributed by atoms with Crippen molar-refractivity contribution >= 4 is 12.2 Å². The standard InChI is InChI=1S/C7H11NO2.C5H10O/c1-5-4-6(10-3)8(2)7(5)9;1-5(2,3)4-6/h4,6H,1-3H3;4H,1-3H3. The molecule has 1 unspecified atom stereocenters. The molecule has 4 heteroatoms. The van der Waals surface area contributed by atoms with Crippen molar-refractivity contribution in [2.24, 2.45) is 5.41 Å². The Labute approximate surface area is 97.3 Å². The first kappa shape index (κ1) is 14.8. The average molecular weight is 227 g/mol. The number of nitrogens with zero attached hydrogens (tertiary/aromatic N) is 1. The molecule has 0 radical (unpaired) electrons. The van der Waals surface area contributed by atoms with Crippen LogP contribution in [0.5, 0.6) is 0 Å². The Hall–Kier alpha value is -1.16. The highest BCUT2D eigenvalue weighted by Gasteiger charge is 2.25. The summed E-state index contributed by atoms with van der Waals surface area (Å²) in [6, 6.07) is 0. The topological polar surface area (TPSA) is 46.6 Å². The molecule has 1 atom stereocenters. The number of carbonyl (C=O) groups is 2. The van der Waals surface area contributed by atoms with Gasteiger partial charge < -0.3 is 14.4 Å². The maximum Gasteiger partial charge on any atom is 0.251 e. The van der Waals surface area contributed by atoms with Crippen molar-refractivity contribution in [2.75, 3.05) is 14.2 Å². The number of hydrogen-bond acceptors (Lipinski definition) is 3. The van der Waals surface area contributed by atoms with E-state index < -0.39 is 0 Å². The summed E-state index contributed by atoms with van der Waals surface area (Å²) in [6.07, 6.45) is 2.59. The summed E-state index contributed by atoms with van der Waals surface area (Å²) < 4.78 is 4.99. The number of likely N-dealkylation sites (N-methyl/N-ethyl adjacent to an activating group) is 1. The van der Waals surface area contributed by atoms with Crippen LogP contribution in [0.25, 0.3) is 0 Å². The summed E-state index contributed by atoms with van der Waals surface area (Å²) in [7, 11) is 3.31. The summed E-state index contributed by atoms with van der Waals surface area (Å²) in [5.41, 5.74) is 0.620. The average Bonchev–Trinajstić information content (AvgIpc) is 2.45. The van der Waals surface area contributed by atoms with Gasteiger partial charge in [0.15, 0.2) is 6.23 Å². The Morgan fingerprint density at radius 1 is 1.44 bits per heavy atom. The fourth-order valence-electron chi connectivity index (χ4n) is 1.02. The minimum Gasteiger partial charge on any atom is -0.358 e. The second-order valence-electron chi connectivity index (χ2n) is 4.88. The number of aldehydes is 1. The third-order valence-corrected chi connectivity index (χ3v) is 2.03. The van der Waals surface area contributed by atoms with E-state index in [1.165, 1.54) is 0 Å². The molecule has 92 valence electrons. The van der Waals surface area contributed by atoms with Gasteiger partial charge in [-0.1, -0.05) is 20.8 Å². The van der Waals surface area contributed by atoms with Gasteiger partial charge in [-0.25, -0.2) is 0 Å². The van der Waals surface area contributed by atoms with E-state index in [0.717, 1.165) is 11.9 Å². The van der Waals surface area contributed by atoms with Crippen LogP contribution < -0.4 is 0 Å². The fourth-order valence-corrected chi connectivity index (χ4v) is 1.02. The molecule has 0 saturated heterocycles. The van der Waals surface area contributed by atoms with Crippen molar-refractivity contribution < 1.29 is 14.3 Å². The zero-order valence-corrected chi connectivity index (χ0v) is 10.9. The van der Waals surface area contributed by atoms with E-state index in [1.54, 1.807) is 26.0 Å². The van der Waals surface area contributed by atoms with Crippen molar-refractivity contribution in [1.82, 2.24) is 4.90 Å². The maximum atomic E-state index is 11.1. The molecule has 1 aliphatic heterocycles. The lowest BCUT2D eigenvalue weighted by molar-refractivity contribution is -0.130. The first-order chi connectivity index (χ1) is 7.22. The first-order valence-corrected chi connectivity index (χ1v) is 5.17. The molecule has 0 aliphatic carbocycles. The number of hydrogen-bond donors (Lipinski definition) is 0. The van der Waals surface area contributed by atoms with Gasteiger partial charge >= 0.3 is 0 Å². The Morgan fingerprint density at radius 3 is 2.00 bits per heavy atom. The second-order valence-corrected chi connectivity index (χ2v) is 4.88. The predicted molar refractivity (Wildman–Crippen MR) is 62.8 cm³/mol. The lowest BCUT2D eigenvalue weighted by atomic mass is 10.0. The van der Waals surface area contributed by atoms with E-state index in [9.17, 15) is 9.59 Å². The van der Waals surface area contributed by atoms with Gasteiger partial charge in [0, 0.05) is 25.1 Å². The van der Waals surface area contributed by atoms with Gasteiger partial charge in [-0.2, -0.15) is 0 Å². The minimum atomic E-state index is -0.160. The van der Waals surface area contributed by atoms with Crippen LogP contribution in [0.4, 0.5) is 0 Å². The van der Waals surface area contributed by atoms with Crippen molar-refractivity contribution in [2.45, 2.75) is 33.9 Å². The second kappa shape index (κ2) is 5.80. The number of carbonyl (C=O) groups excluding carboxylic acids is 2. The van der Waals surface area contributed by atoms with Crippen LogP contribution in [0.15, 0.2) is 11.6 Å². The predicted octanol–water partition coefficient (Wildman–Crippen LogP) is 1.61. The number of ether oxygens (including phenoxy) is 1. The molecule has 16 heavy (non-hydrogen) atoms. The molecule has 0 fully saturated rings. The minimum absolute atomic E-state index is 0.0480. The summed E-state index contributed by atoms with van der Waals surface area (Å²) in [5, 5.41) is 0. The van der Waals surface area contributed by atoms with Gasteiger partial charge in [0.25, 0.3) is 5.91 Å². The molecule has 1 heterocycles. The lowest BCUT2D eigenvalue weighted by Gasteiger charge is -2.16. The van der Waals surface area contributed by atoms with Crippen LogP contribution in [0.3, 0.4) is 0 Å². The quantitative estimate of drug-likeness (QED) is 0.639. The van der Waals surface area contributed by atoms with Crippen LogP contribution in [0, 0.1) is 5.41 Å². The Bertz CT molecular complexity index is 289. The van der Waals surface area contributed by atoms with Crippen LogP contribution >= 0.6 is 0 Å². The molecule has 0 spiro atoms. The van der Waals surface area contributed by atoms with E-state index in [1.807, 2.05) is 26.8 Å². The molecular weight excluding hydrogens is 206 g/mol. The molecular formula is C12H21NO3. The monoisotopic (exact) mass is 227 g/mol. The molecule has 0 bridgehead atoms. The van der Waals surface area contributed by atoms with E-state index in [2.05, 4.69) is 0 Å². The number of rotatable bonds is 1. The molecule has 0 N–H and O–H groups in total. The van der Waals surface area contributed by atoms with Crippen LogP contribution in [-0.4, -0.2) is 37.5 Å². The van der Waals surface area contributed by atoms with Crippen molar-refractivity contribution in [3.8, 4) is 0 Å². The van der Waals surface area contributed by atoms with Crippen molar-refractivity contribution in [1.29, 1.82) is 0 Å². The van der Waals surface area contributed by atoms with Crippen molar-refractivity contribution in [3.05, 3.63) is 11.6 Å². The van der Waals surface area contributed by atoms with E-state index in [0.29, 0.717) is 0 Å². The fraction of sp³-hybridized carbons (Fsp3) is 0.667. The van der Waals surface area contributed by atoms with Crippen LogP contribution in [0.1, 0.15) is 27.7 Å². The van der Waals surface area contributed by atoms with Crippen molar-refractivity contribution in [3.63, 3.8) is 0 Å². The molecule has 0 aromatic heterocycles. The summed E-state index contributed by atoms with van der Waals surface area (Å²) in [6.45, 7) is 7.41. The molecule has 0 saturated carbocycles. The van der Waals surface area contributed by atoms with Gasteiger partial charge in [0.2, 0.25) is 0 Å². The highest BCUT2D eigenvalue weighted by Crippen LogP contribution is 2.14. The van der Waals surface area contributed by atoms with Gasteiger partial charge in [-0.15, -0.1) is 0 Å². The number of methoxy groups -OCH3 is 1. The zero-order chi connectivity index (χ0) is 12.9. The first-order valence-electron chi connectivity index (χ1n) is 5.17. The van der Waals surface area contributed by atoms with E-state index in [4.69, 9.17) is 4.74 Å². The smallest absolute Gasteiger partial charge is 0.251 e. The van der Waals surface area contributed by atoms with E-state index in [-0.39, 0.29) is 17.6 Å². The molecule has 0 aromatic carbocycles. The summed E-state index contributed by atoms with van der Waals surface area (Å²) in [4.78, 5) is 22.4. The molecule has 1 amide bonds. The van der Waals surface area contributed by atoms with E-state index >= 15 is 0 Å². The molecule has 0 aromatic rings. The normalized spacial score (nSPS) is 20.1. The Kier molecular flexibility index (Phi) is 5.38. The van der Waals surface area contributed by atoms with Gasteiger partial charge in [0.05, 0.1) is 0 Å². The molecule has 1 rings (SSSR count). The number of amides is 1. The summed E-state index contributed by atoms with van der Waals surface area (Å²) >= 11 is 0. The zero-order valence-electron chi connectivity index (χ0n) is 10.9. The SMILES string of the molecule is CC(C)(C)C=O.COC1C=C(C)C(=O)N1C. The summed E-state index contributed by atoms with van der Waals surface area (Å²) in [5.74, 6) is 0.0480. The molecule has 4 nitrogen and oxygen atoms in total. The third kappa shape index (κ3) is 4.57. The Balaban J connectivity index is 0.000000325. The lowest BCUT2D eigenvalue weighted by Crippen LogP contribution is -2.31. The highest BCUT2D eigenvalue weighted by molar-refractivity contribution is 5.95. The van der Waals surface area contributed by atoms with Crippen LogP contribution in [0.2, 0.25) is 0 Å². The maximum absolute atomic E-state index is 11.1. The third-order valence-electron chi connectivity index (χ3n) is 2.03. The Morgan fingerprint density at radius 2 is 1.88 bits per heavy atom. The van der Waals surface area contributed by atoms with Crippen LogP contribution in [-0.2, 0) is 14.3 Å². The highest BCUT2D eigenvalue weighted by atomic mass is 16.5.